The third kappa shape index (κ3) is 3.04. The summed E-state index contributed by atoms with van der Waals surface area (Å²) in [6.45, 7) is 5.55. The van der Waals surface area contributed by atoms with Gasteiger partial charge in [-0.3, -0.25) is 9.69 Å². The summed E-state index contributed by atoms with van der Waals surface area (Å²) >= 11 is 11.9. The Kier molecular flexibility index (Phi) is 4.62. The lowest BCUT2D eigenvalue weighted by molar-refractivity contribution is 0.0820. The lowest BCUT2D eigenvalue weighted by atomic mass is 10.0. The van der Waals surface area contributed by atoms with Crippen LogP contribution in [0, 0.1) is 0 Å². The van der Waals surface area contributed by atoms with E-state index in [0.29, 0.717) is 15.6 Å². The molecule has 98 valence electrons. The van der Waals surface area contributed by atoms with E-state index < -0.39 is 0 Å². The highest BCUT2D eigenvalue weighted by atomic mass is 35.5. The van der Waals surface area contributed by atoms with Crippen molar-refractivity contribution in [3.63, 3.8) is 0 Å². The summed E-state index contributed by atoms with van der Waals surface area (Å²) in [6.07, 6.45) is 0. The van der Waals surface area contributed by atoms with Gasteiger partial charge in [0, 0.05) is 36.8 Å². The molecule has 5 heteroatoms. The topological polar surface area (TPSA) is 32.3 Å². The van der Waals surface area contributed by atoms with Gasteiger partial charge < -0.3 is 5.32 Å². The predicted octanol–water partition coefficient (Wildman–Crippen LogP) is 2.47. The van der Waals surface area contributed by atoms with E-state index in [1.807, 2.05) is 6.92 Å². The Labute approximate surface area is 117 Å². The van der Waals surface area contributed by atoms with Crippen LogP contribution in [0.5, 0.6) is 0 Å². The van der Waals surface area contributed by atoms with E-state index in [1.165, 1.54) is 0 Å². The molecule has 0 bridgehead atoms. The van der Waals surface area contributed by atoms with Crippen LogP contribution in [0.25, 0.3) is 0 Å². The van der Waals surface area contributed by atoms with Crippen molar-refractivity contribution >= 4 is 29.0 Å². The van der Waals surface area contributed by atoms with E-state index >= 15 is 0 Å². The molecule has 0 aliphatic carbocycles. The van der Waals surface area contributed by atoms with Crippen molar-refractivity contribution in [2.45, 2.75) is 13.0 Å². The average Bonchev–Trinajstić information content (AvgIpc) is 2.38. The SMILES string of the molecule is CC(C(=O)c1ccc(Cl)cc1Cl)N1CCNCC1. The van der Waals surface area contributed by atoms with Crippen molar-refractivity contribution < 1.29 is 4.79 Å². The van der Waals surface area contributed by atoms with Crippen LogP contribution in [-0.2, 0) is 0 Å². The van der Waals surface area contributed by atoms with Gasteiger partial charge in [0.15, 0.2) is 5.78 Å². The Morgan fingerprint density at radius 1 is 1.33 bits per heavy atom. The first-order chi connectivity index (χ1) is 8.59. The number of carbonyl (C=O) groups excluding carboxylic acids is 1. The van der Waals surface area contributed by atoms with Gasteiger partial charge in [0.2, 0.25) is 0 Å². The second-order valence-corrected chi connectivity index (χ2v) is 5.29. The Morgan fingerprint density at radius 3 is 2.61 bits per heavy atom. The molecule has 2 rings (SSSR count). The molecule has 1 fully saturated rings. The molecule has 0 saturated carbocycles. The Hall–Kier alpha value is -0.610. The fourth-order valence-electron chi connectivity index (χ4n) is 2.15. The molecular weight excluding hydrogens is 271 g/mol. The van der Waals surface area contributed by atoms with E-state index in [1.54, 1.807) is 18.2 Å². The number of piperazine rings is 1. The maximum atomic E-state index is 12.4. The molecule has 1 N–H and O–H groups in total. The summed E-state index contributed by atoms with van der Waals surface area (Å²) in [6, 6.07) is 4.86. The first-order valence-electron chi connectivity index (χ1n) is 6.03. The van der Waals surface area contributed by atoms with Gasteiger partial charge in [-0.05, 0) is 25.1 Å². The number of hydrogen-bond donors (Lipinski definition) is 1. The standard InChI is InChI=1S/C13H16Cl2N2O/c1-9(17-6-4-16-5-7-17)13(18)11-3-2-10(14)8-12(11)15/h2-3,8-9,16H,4-7H2,1H3. The molecule has 1 aliphatic rings. The number of Topliss-reactive ketones (excluding diaryl/α,β-unsaturated/α-hetero) is 1. The number of nitrogens with zero attached hydrogens (tertiary/aromatic N) is 1. The number of nitrogens with one attached hydrogen (secondary N) is 1. The monoisotopic (exact) mass is 286 g/mol. The van der Waals surface area contributed by atoms with Gasteiger partial charge in [-0.1, -0.05) is 23.2 Å². The maximum Gasteiger partial charge on any atom is 0.181 e. The van der Waals surface area contributed by atoms with Gasteiger partial charge in [-0.15, -0.1) is 0 Å². The zero-order valence-electron chi connectivity index (χ0n) is 10.2. The van der Waals surface area contributed by atoms with Gasteiger partial charge in [-0.25, -0.2) is 0 Å². The van der Waals surface area contributed by atoms with Gasteiger partial charge in [0.25, 0.3) is 0 Å². The van der Waals surface area contributed by atoms with Crippen LogP contribution in [0.4, 0.5) is 0 Å². The highest BCUT2D eigenvalue weighted by molar-refractivity contribution is 6.37. The van der Waals surface area contributed by atoms with Crippen LogP contribution < -0.4 is 5.32 Å². The molecule has 1 saturated heterocycles. The van der Waals surface area contributed by atoms with E-state index in [2.05, 4.69) is 10.2 Å². The third-order valence-corrected chi connectivity index (χ3v) is 3.82. The van der Waals surface area contributed by atoms with Gasteiger partial charge >= 0.3 is 0 Å². The summed E-state index contributed by atoms with van der Waals surface area (Å²) in [5.74, 6) is 0.0542. The van der Waals surface area contributed by atoms with E-state index in [9.17, 15) is 4.79 Å². The number of hydrogen-bond acceptors (Lipinski definition) is 3. The molecule has 1 aliphatic heterocycles. The quantitative estimate of drug-likeness (QED) is 0.867. The first kappa shape index (κ1) is 13.8. The normalized spacial score (nSPS) is 18.6. The summed E-state index contributed by atoms with van der Waals surface area (Å²) < 4.78 is 0. The third-order valence-electron chi connectivity index (χ3n) is 3.28. The van der Waals surface area contributed by atoms with Crippen molar-refractivity contribution in [3.8, 4) is 0 Å². The Balaban J connectivity index is 2.14. The molecule has 0 amide bonds. The zero-order chi connectivity index (χ0) is 13.1. The van der Waals surface area contributed by atoms with Gasteiger partial charge in [0.1, 0.15) is 0 Å². The van der Waals surface area contributed by atoms with Crippen molar-refractivity contribution in [1.29, 1.82) is 0 Å². The van der Waals surface area contributed by atoms with Crippen molar-refractivity contribution in [2.24, 2.45) is 0 Å². The zero-order valence-corrected chi connectivity index (χ0v) is 11.8. The molecule has 18 heavy (non-hydrogen) atoms. The van der Waals surface area contributed by atoms with Crippen molar-refractivity contribution in [2.75, 3.05) is 26.2 Å². The van der Waals surface area contributed by atoms with E-state index in [0.717, 1.165) is 26.2 Å². The predicted molar refractivity (Wildman–Crippen MR) is 74.7 cm³/mol. The second-order valence-electron chi connectivity index (χ2n) is 4.45. The average molecular weight is 287 g/mol. The first-order valence-corrected chi connectivity index (χ1v) is 6.79. The molecule has 3 nitrogen and oxygen atoms in total. The smallest absolute Gasteiger partial charge is 0.181 e. The molecule has 0 spiro atoms. The van der Waals surface area contributed by atoms with E-state index in [4.69, 9.17) is 23.2 Å². The second kappa shape index (κ2) is 6.02. The fraction of sp³-hybridized carbons (Fsp3) is 0.462. The van der Waals surface area contributed by atoms with Crippen LogP contribution in [0.15, 0.2) is 18.2 Å². The molecular formula is C13H16Cl2N2O. The largest absolute Gasteiger partial charge is 0.314 e. The molecule has 1 heterocycles. The lowest BCUT2D eigenvalue weighted by Gasteiger charge is -2.32. The maximum absolute atomic E-state index is 12.4. The van der Waals surface area contributed by atoms with Crippen molar-refractivity contribution in [1.82, 2.24) is 10.2 Å². The molecule has 1 unspecified atom stereocenters. The molecule has 1 aromatic carbocycles. The fourth-order valence-corrected chi connectivity index (χ4v) is 2.65. The number of carbonyl (C=O) groups is 1. The highest BCUT2D eigenvalue weighted by Gasteiger charge is 2.25. The number of benzene rings is 1. The van der Waals surface area contributed by atoms with Crippen LogP contribution in [0.2, 0.25) is 10.0 Å². The minimum Gasteiger partial charge on any atom is -0.314 e. The summed E-state index contributed by atoms with van der Waals surface area (Å²) in [5, 5.41) is 4.24. The molecule has 1 atom stereocenters. The number of ketones is 1. The Morgan fingerprint density at radius 2 is 2.00 bits per heavy atom. The van der Waals surface area contributed by atoms with Crippen molar-refractivity contribution in [3.05, 3.63) is 33.8 Å². The minimum atomic E-state index is -0.147. The van der Waals surface area contributed by atoms with E-state index in [-0.39, 0.29) is 11.8 Å². The van der Waals surface area contributed by atoms with Crippen LogP contribution in [0.1, 0.15) is 17.3 Å². The van der Waals surface area contributed by atoms with Crippen LogP contribution in [0.3, 0.4) is 0 Å². The summed E-state index contributed by atoms with van der Waals surface area (Å²) in [7, 11) is 0. The molecule has 0 aromatic heterocycles. The highest BCUT2D eigenvalue weighted by Crippen LogP contribution is 2.23. The van der Waals surface area contributed by atoms with Gasteiger partial charge in [0.05, 0.1) is 11.1 Å². The Bertz CT molecular complexity index is 445. The number of halogens is 2. The molecule has 0 radical (unpaired) electrons. The van der Waals surface area contributed by atoms with Gasteiger partial charge in [-0.2, -0.15) is 0 Å². The lowest BCUT2D eigenvalue weighted by Crippen LogP contribution is -2.50. The molecule has 1 aromatic rings. The number of rotatable bonds is 3. The minimum absolute atomic E-state index is 0.0542. The van der Waals surface area contributed by atoms with Crippen LogP contribution in [-0.4, -0.2) is 42.9 Å². The summed E-state index contributed by atoms with van der Waals surface area (Å²) in [4.78, 5) is 14.6. The summed E-state index contributed by atoms with van der Waals surface area (Å²) in [5.41, 5.74) is 0.548. The van der Waals surface area contributed by atoms with Crippen LogP contribution >= 0.6 is 23.2 Å².